The van der Waals surface area contributed by atoms with Crippen molar-refractivity contribution < 1.29 is 53.1 Å². The zero-order valence-electron chi connectivity index (χ0n) is 28.7. The lowest BCUT2D eigenvalue weighted by Gasteiger charge is -2.28. The van der Waals surface area contributed by atoms with Gasteiger partial charge in [0.15, 0.2) is 0 Å². The van der Waals surface area contributed by atoms with Crippen LogP contribution in [0.1, 0.15) is 66.2 Å². The molecular formula is C29H49N9O11S. The average Bonchev–Trinajstić information content (AvgIpc) is 3.01. The smallest absolute Gasteiger partial charge is 0.305 e. The summed E-state index contributed by atoms with van der Waals surface area (Å²) in [7, 11) is 0. The average molecular weight is 732 g/mol. The Labute approximate surface area is 293 Å². The summed E-state index contributed by atoms with van der Waals surface area (Å²) in [5.74, 6) is -9.66. The van der Waals surface area contributed by atoms with E-state index < -0.39 is 114 Å². The maximum atomic E-state index is 13.4. The summed E-state index contributed by atoms with van der Waals surface area (Å²) < 4.78 is 0. The van der Waals surface area contributed by atoms with Gasteiger partial charge in [-0.25, -0.2) is 0 Å². The third kappa shape index (κ3) is 17.4. The van der Waals surface area contributed by atoms with E-state index in [9.17, 15) is 53.1 Å². The number of nitrogens with one attached hydrogen (secondary N) is 6. The Morgan fingerprint density at radius 1 is 0.640 bits per heavy atom. The summed E-state index contributed by atoms with van der Waals surface area (Å²) in [4.78, 5) is 123. The Morgan fingerprint density at radius 3 is 1.64 bits per heavy atom. The highest BCUT2D eigenvalue weighted by molar-refractivity contribution is 7.98. The molecule has 0 saturated heterocycles. The summed E-state index contributed by atoms with van der Waals surface area (Å²) in [5, 5.41) is 23.3. The molecule has 9 amide bonds. The fourth-order valence-corrected chi connectivity index (χ4v) is 4.75. The number of carbonyl (C=O) groups excluding carboxylic acids is 9. The van der Waals surface area contributed by atoms with Gasteiger partial charge in [-0.15, -0.1) is 0 Å². The van der Waals surface area contributed by atoms with E-state index in [1.165, 1.54) is 18.7 Å². The van der Waals surface area contributed by atoms with Crippen molar-refractivity contribution in [2.75, 3.05) is 12.0 Å². The summed E-state index contributed by atoms with van der Waals surface area (Å²) in [6.45, 7) is 5.59. The van der Waals surface area contributed by atoms with Gasteiger partial charge < -0.3 is 54.2 Å². The van der Waals surface area contributed by atoms with Crippen LogP contribution in [0.15, 0.2) is 0 Å². The predicted octanol–water partition coefficient (Wildman–Crippen LogP) is -4.16. The Kier molecular flexibility index (Phi) is 20.4. The molecule has 13 N–H and O–H groups in total. The van der Waals surface area contributed by atoms with Crippen molar-refractivity contribution in [3.05, 3.63) is 0 Å². The van der Waals surface area contributed by atoms with Crippen molar-refractivity contribution in [3.8, 4) is 0 Å². The van der Waals surface area contributed by atoms with Gasteiger partial charge in [-0.3, -0.25) is 47.9 Å². The monoisotopic (exact) mass is 731 g/mol. The van der Waals surface area contributed by atoms with Crippen molar-refractivity contribution in [2.45, 2.75) is 102 Å². The van der Waals surface area contributed by atoms with Gasteiger partial charge in [0, 0.05) is 13.3 Å². The number of carbonyl (C=O) groups is 10. The van der Waals surface area contributed by atoms with E-state index in [0.29, 0.717) is 12.2 Å². The van der Waals surface area contributed by atoms with Gasteiger partial charge in [-0.1, -0.05) is 20.3 Å². The first-order chi connectivity index (χ1) is 23.2. The molecule has 0 aromatic carbocycles. The van der Waals surface area contributed by atoms with Crippen LogP contribution in [0.25, 0.3) is 0 Å². The first kappa shape index (κ1) is 45.0. The lowest BCUT2D eigenvalue weighted by Crippen LogP contribution is -2.60. The van der Waals surface area contributed by atoms with Crippen LogP contribution in [0.2, 0.25) is 0 Å². The lowest BCUT2D eigenvalue weighted by atomic mass is 9.97. The lowest BCUT2D eigenvalue weighted by molar-refractivity contribution is -0.142. The van der Waals surface area contributed by atoms with E-state index in [1.54, 1.807) is 20.1 Å². The van der Waals surface area contributed by atoms with Gasteiger partial charge in [0.1, 0.15) is 36.3 Å². The molecule has 21 heteroatoms. The molecule has 50 heavy (non-hydrogen) atoms. The molecule has 0 aromatic heterocycles. The van der Waals surface area contributed by atoms with Gasteiger partial charge in [0.25, 0.3) is 0 Å². The normalized spacial score (nSPS) is 14.9. The standard InChI is InChI=1S/C29H49N9O11S/c1-6-13(2)23(38-28(48)19(12-22(42)43)37-27(47)18(11-21(31)41)34-15(4)39)29(49)33-14(3)25(45)36-17(7-8-20(30)40)26(46)35-16(24(32)44)9-10-50-5/h13-14,16-19,23H,6-12H2,1-5H3,(H2,30,40)(H2,31,41)(H2,32,44)(H,33,49)(H,34,39)(H,35,46)(H,36,45)(H,37,47)(H,38,48)(H,42,43)/t13-,14-,16-,17-,18-,19-,23-/m0/s1. The zero-order chi connectivity index (χ0) is 38.7. The minimum absolute atomic E-state index is 0.203. The SMILES string of the molecule is CC[C@H](C)[C@H](NC(=O)[C@H](CC(=O)O)NC(=O)[C@H](CC(N)=O)NC(C)=O)C(=O)N[C@@H](C)C(=O)N[C@@H](CCC(N)=O)C(=O)N[C@@H](CCSC)C(N)=O. The number of nitrogens with two attached hydrogens (primary N) is 3. The van der Waals surface area contributed by atoms with Gasteiger partial charge in [-0.05, 0) is 37.7 Å². The number of primary amides is 3. The molecule has 0 spiro atoms. The molecule has 0 rings (SSSR count). The Morgan fingerprint density at radius 2 is 1.16 bits per heavy atom. The molecule has 0 unspecified atom stereocenters. The highest BCUT2D eigenvalue weighted by Gasteiger charge is 2.34. The molecule has 0 aromatic rings. The third-order valence-electron chi connectivity index (χ3n) is 7.24. The van der Waals surface area contributed by atoms with Crippen LogP contribution in [0.4, 0.5) is 0 Å². The number of carboxylic acids is 1. The molecular weight excluding hydrogens is 682 g/mol. The van der Waals surface area contributed by atoms with E-state index >= 15 is 0 Å². The minimum Gasteiger partial charge on any atom is -0.481 e. The minimum atomic E-state index is -1.77. The van der Waals surface area contributed by atoms with E-state index in [-0.39, 0.29) is 19.3 Å². The number of amides is 9. The quantitative estimate of drug-likeness (QED) is 0.0452. The molecule has 0 aliphatic carbocycles. The molecule has 0 heterocycles. The first-order valence-corrected chi connectivity index (χ1v) is 17.0. The fraction of sp³-hybridized carbons (Fsp3) is 0.655. The van der Waals surface area contributed by atoms with Crippen molar-refractivity contribution in [1.29, 1.82) is 0 Å². The number of hydrogen-bond acceptors (Lipinski definition) is 11. The molecule has 0 radical (unpaired) electrons. The molecule has 7 atom stereocenters. The Hall–Kier alpha value is -4.95. The number of thioether (sulfide) groups is 1. The highest BCUT2D eigenvalue weighted by atomic mass is 32.2. The number of carboxylic acid groups (broad SMARTS) is 1. The van der Waals surface area contributed by atoms with Crippen molar-refractivity contribution in [3.63, 3.8) is 0 Å². The van der Waals surface area contributed by atoms with Crippen LogP contribution in [0, 0.1) is 5.92 Å². The van der Waals surface area contributed by atoms with Crippen LogP contribution in [-0.2, 0) is 47.9 Å². The summed E-state index contributed by atoms with van der Waals surface area (Å²) >= 11 is 1.41. The second kappa shape index (κ2) is 22.6. The number of aliphatic carboxylic acids is 1. The summed E-state index contributed by atoms with van der Waals surface area (Å²) in [6.07, 6.45) is 0.145. The molecule has 0 fully saturated rings. The van der Waals surface area contributed by atoms with Gasteiger partial charge >= 0.3 is 5.97 Å². The Balaban J connectivity index is 5.96. The predicted molar refractivity (Wildman–Crippen MR) is 179 cm³/mol. The van der Waals surface area contributed by atoms with Gasteiger partial charge in [-0.2, -0.15) is 11.8 Å². The van der Waals surface area contributed by atoms with Gasteiger partial charge in [0.05, 0.1) is 12.8 Å². The molecule has 0 saturated carbocycles. The molecule has 282 valence electrons. The van der Waals surface area contributed by atoms with Crippen LogP contribution >= 0.6 is 11.8 Å². The topological polar surface area (TPSA) is 341 Å². The maximum absolute atomic E-state index is 13.4. The largest absolute Gasteiger partial charge is 0.481 e. The van der Waals surface area contributed by atoms with Crippen LogP contribution in [0.5, 0.6) is 0 Å². The molecule has 20 nitrogen and oxygen atoms in total. The summed E-state index contributed by atoms with van der Waals surface area (Å²) in [6, 6.07) is -8.41. The van der Waals surface area contributed by atoms with E-state index in [1.807, 2.05) is 0 Å². The van der Waals surface area contributed by atoms with E-state index in [4.69, 9.17) is 17.2 Å². The second-order valence-electron chi connectivity index (χ2n) is 11.5. The van der Waals surface area contributed by atoms with Crippen LogP contribution < -0.4 is 49.1 Å². The first-order valence-electron chi connectivity index (χ1n) is 15.6. The van der Waals surface area contributed by atoms with Crippen molar-refractivity contribution >= 4 is 70.9 Å². The third-order valence-corrected chi connectivity index (χ3v) is 7.88. The van der Waals surface area contributed by atoms with Gasteiger partial charge in [0.2, 0.25) is 53.2 Å². The zero-order valence-corrected chi connectivity index (χ0v) is 29.5. The highest BCUT2D eigenvalue weighted by Crippen LogP contribution is 2.10. The second-order valence-corrected chi connectivity index (χ2v) is 12.5. The molecule has 0 aliphatic heterocycles. The van der Waals surface area contributed by atoms with Crippen LogP contribution in [-0.4, -0.2) is 113 Å². The molecule has 0 bridgehead atoms. The number of hydrogen-bond donors (Lipinski definition) is 10. The maximum Gasteiger partial charge on any atom is 0.305 e. The van der Waals surface area contributed by atoms with Crippen LogP contribution in [0.3, 0.4) is 0 Å². The van der Waals surface area contributed by atoms with E-state index in [0.717, 1.165) is 6.92 Å². The Bertz CT molecular complexity index is 1270. The summed E-state index contributed by atoms with van der Waals surface area (Å²) in [5.41, 5.74) is 15.7. The number of rotatable bonds is 24. The molecule has 0 aliphatic rings. The van der Waals surface area contributed by atoms with E-state index in [2.05, 4.69) is 31.9 Å². The van der Waals surface area contributed by atoms with Crippen molar-refractivity contribution in [1.82, 2.24) is 31.9 Å². The van der Waals surface area contributed by atoms with Crippen molar-refractivity contribution in [2.24, 2.45) is 23.1 Å². The fourth-order valence-electron chi connectivity index (χ4n) is 4.28.